The molecule has 0 atom stereocenters. The minimum Gasteiger partial charge on any atom is -0.357 e. The highest BCUT2D eigenvalue weighted by molar-refractivity contribution is 14.0. The molecule has 1 fully saturated rings. The fourth-order valence-corrected chi connectivity index (χ4v) is 3.17. The van der Waals surface area contributed by atoms with E-state index in [9.17, 15) is 4.79 Å². The van der Waals surface area contributed by atoms with Crippen molar-refractivity contribution in [3.63, 3.8) is 0 Å². The minimum atomic E-state index is 0. The van der Waals surface area contributed by atoms with Crippen LogP contribution < -0.4 is 16.0 Å². The van der Waals surface area contributed by atoms with E-state index >= 15 is 0 Å². The second kappa shape index (κ2) is 12.9. The Labute approximate surface area is 173 Å². The van der Waals surface area contributed by atoms with Gasteiger partial charge in [0.2, 0.25) is 5.91 Å². The summed E-state index contributed by atoms with van der Waals surface area (Å²) in [6.45, 7) is 4.67. The Morgan fingerprint density at radius 2 is 1.96 bits per heavy atom. The quantitative estimate of drug-likeness (QED) is 0.233. The third-order valence-corrected chi connectivity index (χ3v) is 4.60. The van der Waals surface area contributed by atoms with E-state index in [-0.39, 0.29) is 29.9 Å². The Hall–Kier alpha value is -1.32. The predicted octanol–water partition coefficient (Wildman–Crippen LogP) is 2.18. The van der Waals surface area contributed by atoms with Crippen molar-refractivity contribution in [1.82, 2.24) is 25.7 Å². The molecule has 1 aliphatic carbocycles. The molecular weight excluding hydrogens is 443 g/mol. The van der Waals surface area contributed by atoms with Crippen LogP contribution in [0.15, 0.2) is 17.3 Å². The largest absolute Gasteiger partial charge is 0.357 e. The van der Waals surface area contributed by atoms with E-state index in [1.165, 1.54) is 32.1 Å². The molecule has 1 saturated carbocycles. The SMILES string of the molecule is CCNC(=NCc1ccnn1C)NCCNC(=O)CC1CCCCC1.I. The Bertz CT molecular complexity index is 554. The van der Waals surface area contributed by atoms with Gasteiger partial charge in [-0.05, 0) is 31.7 Å². The van der Waals surface area contributed by atoms with Gasteiger partial charge in [0.05, 0.1) is 12.2 Å². The van der Waals surface area contributed by atoms with E-state index in [4.69, 9.17) is 0 Å². The highest BCUT2D eigenvalue weighted by Crippen LogP contribution is 2.25. The van der Waals surface area contributed by atoms with Crippen LogP contribution >= 0.6 is 24.0 Å². The van der Waals surface area contributed by atoms with Crippen molar-refractivity contribution in [2.75, 3.05) is 19.6 Å². The van der Waals surface area contributed by atoms with Gasteiger partial charge in [-0.3, -0.25) is 9.48 Å². The number of aromatic nitrogens is 2. The first kappa shape index (κ1) is 22.7. The number of hydrogen-bond acceptors (Lipinski definition) is 3. The van der Waals surface area contributed by atoms with Crippen molar-refractivity contribution in [3.05, 3.63) is 18.0 Å². The van der Waals surface area contributed by atoms with Crippen molar-refractivity contribution in [2.24, 2.45) is 18.0 Å². The average molecular weight is 476 g/mol. The molecule has 0 aromatic carbocycles. The third-order valence-electron chi connectivity index (χ3n) is 4.60. The fraction of sp³-hybridized carbons (Fsp3) is 0.722. The summed E-state index contributed by atoms with van der Waals surface area (Å²) in [7, 11) is 1.91. The van der Waals surface area contributed by atoms with Gasteiger partial charge in [-0.1, -0.05) is 19.3 Å². The van der Waals surface area contributed by atoms with Gasteiger partial charge >= 0.3 is 0 Å². The molecule has 0 radical (unpaired) electrons. The molecule has 148 valence electrons. The number of carbonyl (C=O) groups is 1. The molecule has 0 unspecified atom stereocenters. The number of aryl methyl sites for hydroxylation is 1. The summed E-state index contributed by atoms with van der Waals surface area (Å²) in [5.41, 5.74) is 1.05. The maximum absolute atomic E-state index is 12.0. The van der Waals surface area contributed by atoms with Crippen LogP contribution in [0.2, 0.25) is 0 Å². The number of amides is 1. The van der Waals surface area contributed by atoms with Crippen LogP contribution in [0.1, 0.15) is 51.1 Å². The first-order valence-electron chi connectivity index (χ1n) is 9.44. The lowest BCUT2D eigenvalue weighted by Crippen LogP contribution is -2.41. The second-order valence-electron chi connectivity index (χ2n) is 6.63. The van der Waals surface area contributed by atoms with E-state index in [0.717, 1.165) is 18.2 Å². The van der Waals surface area contributed by atoms with Crippen LogP contribution in [-0.4, -0.2) is 41.3 Å². The summed E-state index contributed by atoms with van der Waals surface area (Å²) < 4.78 is 1.82. The lowest BCUT2D eigenvalue weighted by Gasteiger charge is -2.20. The summed E-state index contributed by atoms with van der Waals surface area (Å²) in [4.78, 5) is 16.6. The summed E-state index contributed by atoms with van der Waals surface area (Å²) in [5.74, 6) is 1.51. The van der Waals surface area contributed by atoms with E-state index in [1.807, 2.05) is 24.7 Å². The molecular formula is C18H33IN6O. The first-order valence-corrected chi connectivity index (χ1v) is 9.44. The van der Waals surface area contributed by atoms with Crippen molar-refractivity contribution in [2.45, 2.75) is 52.0 Å². The average Bonchev–Trinajstić information content (AvgIpc) is 3.02. The van der Waals surface area contributed by atoms with Crippen molar-refractivity contribution >= 4 is 35.8 Å². The molecule has 0 saturated heterocycles. The first-order chi connectivity index (χ1) is 12.2. The van der Waals surface area contributed by atoms with Gasteiger partial charge < -0.3 is 16.0 Å². The number of nitrogens with one attached hydrogen (secondary N) is 3. The molecule has 0 bridgehead atoms. The normalized spacial score (nSPS) is 15.2. The Kier molecular flexibility index (Phi) is 11.3. The number of nitrogens with zero attached hydrogens (tertiary/aromatic N) is 3. The maximum Gasteiger partial charge on any atom is 0.220 e. The van der Waals surface area contributed by atoms with E-state index in [2.05, 4.69) is 26.0 Å². The van der Waals surface area contributed by atoms with Gasteiger partial charge in [-0.15, -0.1) is 24.0 Å². The van der Waals surface area contributed by atoms with Gasteiger partial charge in [0, 0.05) is 39.3 Å². The molecule has 1 aliphatic rings. The van der Waals surface area contributed by atoms with Crippen molar-refractivity contribution < 1.29 is 4.79 Å². The highest BCUT2D eigenvalue weighted by Gasteiger charge is 2.16. The van der Waals surface area contributed by atoms with Gasteiger partial charge in [-0.2, -0.15) is 5.10 Å². The van der Waals surface area contributed by atoms with Crippen LogP contribution in [0.3, 0.4) is 0 Å². The van der Waals surface area contributed by atoms with Crippen LogP contribution in [-0.2, 0) is 18.4 Å². The topological polar surface area (TPSA) is 83.3 Å². The van der Waals surface area contributed by atoms with Crippen molar-refractivity contribution in [3.8, 4) is 0 Å². The number of carbonyl (C=O) groups excluding carboxylic acids is 1. The molecule has 1 heterocycles. The zero-order chi connectivity index (χ0) is 17.9. The van der Waals surface area contributed by atoms with Gasteiger partial charge in [0.1, 0.15) is 0 Å². The molecule has 3 N–H and O–H groups in total. The highest BCUT2D eigenvalue weighted by atomic mass is 127. The van der Waals surface area contributed by atoms with Crippen molar-refractivity contribution in [1.29, 1.82) is 0 Å². The van der Waals surface area contributed by atoms with E-state index in [1.54, 1.807) is 6.20 Å². The minimum absolute atomic E-state index is 0. The molecule has 2 rings (SSSR count). The van der Waals surface area contributed by atoms with Gasteiger partial charge in [0.15, 0.2) is 5.96 Å². The van der Waals surface area contributed by atoms with Crippen LogP contribution in [0.25, 0.3) is 0 Å². The standard InChI is InChI=1S/C18H32N6O.HI/c1-3-19-18(22-14-16-9-10-23-24(16)2)21-12-11-20-17(25)13-15-7-5-4-6-8-15;/h9-10,15H,3-8,11-14H2,1-2H3,(H,20,25)(H2,19,21,22);1H. The number of rotatable bonds is 8. The molecule has 1 aromatic rings. The van der Waals surface area contributed by atoms with E-state index in [0.29, 0.717) is 32.0 Å². The van der Waals surface area contributed by atoms with Crippen LogP contribution in [0.4, 0.5) is 0 Å². The summed E-state index contributed by atoms with van der Waals surface area (Å²) in [6.07, 6.45) is 8.74. The number of guanidine groups is 1. The molecule has 0 aliphatic heterocycles. The number of hydrogen-bond donors (Lipinski definition) is 3. The summed E-state index contributed by atoms with van der Waals surface area (Å²) in [6, 6.07) is 1.96. The molecule has 1 amide bonds. The predicted molar refractivity (Wildman–Crippen MR) is 116 cm³/mol. The lowest BCUT2D eigenvalue weighted by atomic mass is 9.87. The zero-order valence-corrected chi connectivity index (χ0v) is 18.3. The number of aliphatic imine (C=N–C) groups is 1. The lowest BCUT2D eigenvalue weighted by molar-refractivity contribution is -0.122. The zero-order valence-electron chi connectivity index (χ0n) is 16.0. The molecule has 7 nitrogen and oxygen atoms in total. The number of halogens is 1. The van der Waals surface area contributed by atoms with E-state index < -0.39 is 0 Å². The second-order valence-corrected chi connectivity index (χ2v) is 6.63. The Morgan fingerprint density at radius 3 is 2.62 bits per heavy atom. The Balaban J connectivity index is 0.00000338. The fourth-order valence-electron chi connectivity index (χ4n) is 3.17. The van der Waals surface area contributed by atoms with Crippen LogP contribution in [0.5, 0.6) is 0 Å². The summed E-state index contributed by atoms with van der Waals surface area (Å²) in [5, 5.41) is 13.6. The smallest absolute Gasteiger partial charge is 0.220 e. The van der Waals surface area contributed by atoms with Gasteiger partial charge in [-0.25, -0.2) is 4.99 Å². The molecule has 0 spiro atoms. The molecule has 1 aromatic heterocycles. The molecule has 8 heteroatoms. The third kappa shape index (κ3) is 8.37. The van der Waals surface area contributed by atoms with Gasteiger partial charge in [0.25, 0.3) is 0 Å². The maximum atomic E-state index is 12.0. The summed E-state index contributed by atoms with van der Waals surface area (Å²) >= 11 is 0. The molecule has 26 heavy (non-hydrogen) atoms. The van der Waals surface area contributed by atoms with Crippen LogP contribution in [0, 0.1) is 5.92 Å². The Morgan fingerprint density at radius 1 is 1.23 bits per heavy atom. The monoisotopic (exact) mass is 476 g/mol.